The molecule has 0 N–H and O–H groups in total. The highest BCUT2D eigenvalue weighted by molar-refractivity contribution is 7.99. The standard InChI is InChI=1S/C17H22ClNO3S2/c18-14-7-5-13(6-8-14)11-23-12-17(20)19-9-10-24(21,22)16-4-2-1-3-15(16)19/h5-8,15-16H,1-4,9-12H2. The van der Waals surface area contributed by atoms with Crippen LogP contribution in [0.2, 0.25) is 5.02 Å². The van der Waals surface area contributed by atoms with Crippen molar-refractivity contribution in [2.75, 3.05) is 18.1 Å². The second kappa shape index (κ2) is 7.67. The molecule has 1 aliphatic heterocycles. The van der Waals surface area contributed by atoms with Crippen LogP contribution in [0.15, 0.2) is 24.3 Å². The van der Waals surface area contributed by atoms with Crippen LogP contribution < -0.4 is 0 Å². The van der Waals surface area contributed by atoms with Crippen LogP contribution in [0, 0.1) is 0 Å². The number of nitrogens with zero attached hydrogens (tertiary/aromatic N) is 1. The monoisotopic (exact) mass is 387 g/mol. The van der Waals surface area contributed by atoms with Crippen molar-refractivity contribution in [1.82, 2.24) is 4.90 Å². The molecule has 2 atom stereocenters. The second-order valence-electron chi connectivity index (χ2n) is 6.46. The number of benzene rings is 1. The predicted molar refractivity (Wildman–Crippen MR) is 99.2 cm³/mol. The molecule has 4 nitrogen and oxygen atoms in total. The SMILES string of the molecule is O=C(CSCc1ccc(Cl)cc1)N1CCS(=O)(=O)C2CCCCC21. The average Bonchev–Trinajstić information content (AvgIpc) is 2.57. The first kappa shape index (κ1) is 18.1. The van der Waals surface area contributed by atoms with E-state index in [4.69, 9.17) is 11.6 Å². The van der Waals surface area contributed by atoms with E-state index in [0.29, 0.717) is 23.7 Å². The Balaban J connectivity index is 1.57. The molecule has 0 spiro atoms. The molecule has 1 aliphatic carbocycles. The Morgan fingerprint density at radius 1 is 1.21 bits per heavy atom. The number of thioether (sulfide) groups is 1. The van der Waals surface area contributed by atoms with Crippen LogP contribution in [0.25, 0.3) is 0 Å². The summed E-state index contributed by atoms with van der Waals surface area (Å²) in [5, 5.41) is 0.364. The summed E-state index contributed by atoms with van der Waals surface area (Å²) in [6, 6.07) is 7.51. The number of hydrogen-bond acceptors (Lipinski definition) is 4. The van der Waals surface area contributed by atoms with Crippen molar-refractivity contribution < 1.29 is 13.2 Å². The van der Waals surface area contributed by atoms with Crippen molar-refractivity contribution in [2.24, 2.45) is 0 Å². The lowest BCUT2D eigenvalue weighted by Crippen LogP contribution is -2.58. The van der Waals surface area contributed by atoms with E-state index in [9.17, 15) is 13.2 Å². The van der Waals surface area contributed by atoms with E-state index in [1.165, 1.54) is 0 Å². The number of halogens is 1. The predicted octanol–water partition coefficient (Wildman–Crippen LogP) is 3.14. The maximum atomic E-state index is 12.6. The minimum absolute atomic E-state index is 0.0702. The summed E-state index contributed by atoms with van der Waals surface area (Å²) < 4.78 is 24.5. The lowest BCUT2D eigenvalue weighted by atomic mass is 9.93. The second-order valence-corrected chi connectivity index (χ2v) is 10.2. The van der Waals surface area contributed by atoms with Gasteiger partial charge in [0.25, 0.3) is 0 Å². The fourth-order valence-electron chi connectivity index (χ4n) is 3.62. The van der Waals surface area contributed by atoms with Gasteiger partial charge < -0.3 is 4.90 Å². The number of carbonyl (C=O) groups excluding carboxylic acids is 1. The number of sulfone groups is 1. The number of amides is 1. The average molecular weight is 388 g/mol. The fraction of sp³-hybridized carbons (Fsp3) is 0.588. The van der Waals surface area contributed by atoms with Crippen LogP contribution >= 0.6 is 23.4 Å². The molecule has 1 heterocycles. The zero-order valence-electron chi connectivity index (χ0n) is 13.5. The van der Waals surface area contributed by atoms with Gasteiger partial charge in [-0.3, -0.25) is 4.79 Å². The molecule has 1 saturated heterocycles. The number of fused-ring (bicyclic) bond motifs is 1. The summed E-state index contributed by atoms with van der Waals surface area (Å²) in [5.41, 5.74) is 1.13. The van der Waals surface area contributed by atoms with E-state index in [0.717, 1.165) is 30.6 Å². The molecule has 0 aromatic heterocycles. The van der Waals surface area contributed by atoms with Crippen molar-refractivity contribution in [3.05, 3.63) is 34.9 Å². The Kier molecular flexibility index (Phi) is 5.78. The minimum atomic E-state index is -3.03. The van der Waals surface area contributed by atoms with Crippen LogP contribution in [0.1, 0.15) is 31.2 Å². The van der Waals surface area contributed by atoms with Crippen LogP contribution in [-0.4, -0.2) is 48.6 Å². The summed E-state index contributed by atoms with van der Waals surface area (Å²) in [7, 11) is -3.03. The summed E-state index contributed by atoms with van der Waals surface area (Å²) in [6.45, 7) is 0.351. The van der Waals surface area contributed by atoms with Crippen LogP contribution in [0.3, 0.4) is 0 Å². The van der Waals surface area contributed by atoms with Gasteiger partial charge in [-0.2, -0.15) is 0 Å². The smallest absolute Gasteiger partial charge is 0.232 e. The molecule has 1 aromatic rings. The summed E-state index contributed by atoms with van der Waals surface area (Å²) in [4.78, 5) is 14.4. The van der Waals surface area contributed by atoms with Crippen molar-refractivity contribution >= 4 is 39.1 Å². The van der Waals surface area contributed by atoms with Gasteiger partial charge in [-0.05, 0) is 30.5 Å². The zero-order chi connectivity index (χ0) is 17.2. The van der Waals surface area contributed by atoms with E-state index in [1.54, 1.807) is 11.8 Å². The van der Waals surface area contributed by atoms with Gasteiger partial charge >= 0.3 is 0 Å². The highest BCUT2D eigenvalue weighted by atomic mass is 35.5. The number of hydrogen-bond donors (Lipinski definition) is 0. The van der Waals surface area contributed by atoms with Gasteiger partial charge in [0.1, 0.15) is 0 Å². The quantitative estimate of drug-likeness (QED) is 0.796. The summed E-state index contributed by atoms with van der Waals surface area (Å²) in [6.07, 6.45) is 3.48. The Morgan fingerprint density at radius 3 is 2.67 bits per heavy atom. The molecule has 2 fully saturated rings. The lowest BCUT2D eigenvalue weighted by Gasteiger charge is -2.43. The summed E-state index contributed by atoms with van der Waals surface area (Å²) in [5.74, 6) is 1.33. The molecule has 0 bridgehead atoms. The summed E-state index contributed by atoms with van der Waals surface area (Å²) >= 11 is 7.44. The van der Waals surface area contributed by atoms with Crippen molar-refractivity contribution in [2.45, 2.75) is 42.7 Å². The first-order valence-electron chi connectivity index (χ1n) is 8.30. The fourth-order valence-corrected chi connectivity index (χ4v) is 6.66. The number of carbonyl (C=O) groups is 1. The molecule has 3 rings (SSSR count). The highest BCUT2D eigenvalue weighted by Gasteiger charge is 2.44. The van der Waals surface area contributed by atoms with Gasteiger partial charge in [0.15, 0.2) is 9.84 Å². The van der Waals surface area contributed by atoms with Crippen LogP contribution in [0.4, 0.5) is 0 Å². The van der Waals surface area contributed by atoms with Crippen molar-refractivity contribution in [1.29, 1.82) is 0 Å². The molecule has 1 saturated carbocycles. The van der Waals surface area contributed by atoms with E-state index >= 15 is 0 Å². The Bertz CT molecular complexity index is 690. The van der Waals surface area contributed by atoms with Crippen LogP contribution in [-0.2, 0) is 20.4 Å². The van der Waals surface area contributed by atoms with E-state index in [1.807, 2.05) is 29.2 Å². The van der Waals surface area contributed by atoms with E-state index in [-0.39, 0.29) is 23.0 Å². The van der Waals surface area contributed by atoms with Gasteiger partial charge in [0.05, 0.1) is 16.8 Å². The van der Waals surface area contributed by atoms with Gasteiger partial charge in [-0.25, -0.2) is 8.42 Å². The first-order chi connectivity index (χ1) is 11.5. The first-order valence-corrected chi connectivity index (χ1v) is 11.6. The molecule has 2 aliphatic rings. The van der Waals surface area contributed by atoms with Crippen molar-refractivity contribution in [3.63, 3.8) is 0 Å². The molecule has 0 radical (unpaired) electrons. The lowest BCUT2D eigenvalue weighted by molar-refractivity contribution is -0.131. The molecule has 132 valence electrons. The van der Waals surface area contributed by atoms with Gasteiger partial charge in [-0.1, -0.05) is 36.6 Å². The van der Waals surface area contributed by atoms with E-state index in [2.05, 4.69) is 0 Å². The minimum Gasteiger partial charge on any atom is -0.337 e. The van der Waals surface area contributed by atoms with Gasteiger partial charge in [0.2, 0.25) is 5.91 Å². The number of rotatable bonds is 4. The molecule has 1 amide bonds. The molecular formula is C17H22ClNO3S2. The third kappa shape index (κ3) is 4.09. The maximum absolute atomic E-state index is 12.6. The third-order valence-electron chi connectivity index (χ3n) is 4.87. The highest BCUT2D eigenvalue weighted by Crippen LogP contribution is 2.32. The topological polar surface area (TPSA) is 54.5 Å². The zero-order valence-corrected chi connectivity index (χ0v) is 15.9. The van der Waals surface area contributed by atoms with Gasteiger partial charge in [-0.15, -0.1) is 11.8 Å². The Morgan fingerprint density at radius 2 is 1.92 bits per heavy atom. The third-order valence-corrected chi connectivity index (χ3v) is 8.34. The molecule has 1 aromatic carbocycles. The Labute approximate surface area is 152 Å². The Hall–Kier alpha value is -0.720. The molecular weight excluding hydrogens is 366 g/mol. The van der Waals surface area contributed by atoms with Crippen molar-refractivity contribution in [3.8, 4) is 0 Å². The molecule has 2 unspecified atom stereocenters. The van der Waals surface area contributed by atoms with Gasteiger partial charge in [0, 0.05) is 23.4 Å². The normalized spacial score (nSPS) is 26.0. The van der Waals surface area contributed by atoms with Crippen LogP contribution in [0.5, 0.6) is 0 Å². The largest absolute Gasteiger partial charge is 0.337 e. The maximum Gasteiger partial charge on any atom is 0.232 e. The molecule has 24 heavy (non-hydrogen) atoms. The molecule has 7 heteroatoms. The van der Waals surface area contributed by atoms with E-state index < -0.39 is 9.84 Å².